The van der Waals surface area contributed by atoms with E-state index in [9.17, 15) is 5.11 Å². The van der Waals surface area contributed by atoms with Gasteiger partial charge in [-0.3, -0.25) is 0 Å². The monoisotopic (exact) mass is 188 g/mol. The van der Waals surface area contributed by atoms with E-state index in [0.717, 1.165) is 5.56 Å². The van der Waals surface area contributed by atoms with Crippen molar-refractivity contribution in [3.05, 3.63) is 59.7 Å². The first-order valence-corrected chi connectivity index (χ1v) is 4.78. The summed E-state index contributed by atoms with van der Waals surface area (Å²) in [5.41, 5.74) is 2.12. The van der Waals surface area contributed by atoms with Crippen LogP contribution < -0.4 is 0 Å². The minimum absolute atomic E-state index is 0.422. The van der Waals surface area contributed by atoms with E-state index in [1.807, 2.05) is 48.5 Å². The molecule has 1 heteroatoms. The van der Waals surface area contributed by atoms with Crippen LogP contribution >= 0.6 is 0 Å². The van der Waals surface area contributed by atoms with Crippen molar-refractivity contribution >= 4 is 0 Å². The molecule has 1 aromatic rings. The molecule has 0 saturated heterocycles. The fraction of sp³-hybridized carbons (Fsp3) is 0.231. The van der Waals surface area contributed by atoms with Crippen molar-refractivity contribution in [2.24, 2.45) is 0 Å². The quantitative estimate of drug-likeness (QED) is 0.717. The third-order valence-corrected chi connectivity index (χ3v) is 2.00. The van der Waals surface area contributed by atoms with Crippen LogP contribution in [-0.4, -0.2) is 5.11 Å². The maximum Gasteiger partial charge on any atom is 0.0761 e. The maximum absolute atomic E-state index is 9.42. The zero-order chi connectivity index (χ0) is 10.4. The molecule has 0 aliphatic heterocycles. The third-order valence-electron chi connectivity index (χ3n) is 2.00. The summed E-state index contributed by atoms with van der Waals surface area (Å²) in [5.74, 6) is 0. The zero-order valence-corrected chi connectivity index (χ0v) is 8.64. The molecule has 1 aromatic carbocycles. The average Bonchev–Trinajstić information content (AvgIpc) is 2.15. The van der Waals surface area contributed by atoms with Gasteiger partial charge in [0, 0.05) is 0 Å². The maximum atomic E-state index is 9.42. The average molecular weight is 188 g/mol. The van der Waals surface area contributed by atoms with Crippen LogP contribution in [0.4, 0.5) is 0 Å². The molecule has 0 aromatic heterocycles. The van der Waals surface area contributed by atoms with Gasteiger partial charge in [-0.2, -0.15) is 0 Å². The van der Waals surface area contributed by atoms with E-state index < -0.39 is 6.10 Å². The standard InChI is InChI=1S/C13H16O/c1-11-7-3-5-9-13(12(2)14)10-6-4-8-11/h3-10,12,14H,1-2H3. The first-order chi connectivity index (χ1) is 6.70. The second-order valence-electron chi connectivity index (χ2n) is 3.36. The molecule has 0 fully saturated rings. The molecule has 14 heavy (non-hydrogen) atoms. The highest BCUT2D eigenvalue weighted by molar-refractivity contribution is 5.16. The molecule has 0 heterocycles. The molecule has 0 radical (unpaired) electrons. The van der Waals surface area contributed by atoms with Gasteiger partial charge in [-0.15, -0.1) is 0 Å². The van der Waals surface area contributed by atoms with Gasteiger partial charge in [-0.05, 0) is 19.4 Å². The number of aryl methyl sites for hydroxylation is 1. The summed E-state index contributed by atoms with van der Waals surface area (Å²) >= 11 is 0. The van der Waals surface area contributed by atoms with Gasteiger partial charge in [0.25, 0.3) is 0 Å². The number of aliphatic hydroxyl groups is 1. The van der Waals surface area contributed by atoms with Gasteiger partial charge < -0.3 is 5.11 Å². The predicted molar refractivity (Wildman–Crippen MR) is 59.4 cm³/mol. The lowest BCUT2D eigenvalue weighted by atomic mass is 10.1. The van der Waals surface area contributed by atoms with Crippen LogP contribution in [0.3, 0.4) is 0 Å². The lowest BCUT2D eigenvalue weighted by molar-refractivity contribution is 0.199. The van der Waals surface area contributed by atoms with Crippen molar-refractivity contribution in [2.75, 3.05) is 0 Å². The molecule has 1 N–H and O–H groups in total. The van der Waals surface area contributed by atoms with E-state index in [0.29, 0.717) is 0 Å². The fourth-order valence-electron chi connectivity index (χ4n) is 1.14. The number of hydrogen-bond donors (Lipinski definition) is 1. The van der Waals surface area contributed by atoms with Crippen molar-refractivity contribution in [3.63, 3.8) is 0 Å². The van der Waals surface area contributed by atoms with Crippen LogP contribution in [0, 0.1) is 6.92 Å². The molecule has 0 amide bonds. The van der Waals surface area contributed by atoms with Crippen molar-refractivity contribution in [1.29, 1.82) is 0 Å². The van der Waals surface area contributed by atoms with Crippen LogP contribution in [-0.2, 0) is 0 Å². The Morgan fingerprint density at radius 2 is 1.36 bits per heavy atom. The number of hydrogen-bond acceptors (Lipinski definition) is 1. The summed E-state index contributed by atoms with van der Waals surface area (Å²) < 4.78 is 0. The van der Waals surface area contributed by atoms with Gasteiger partial charge >= 0.3 is 0 Å². The Morgan fingerprint density at radius 3 is 1.79 bits per heavy atom. The molecular weight excluding hydrogens is 172 g/mol. The molecule has 0 spiro atoms. The summed E-state index contributed by atoms with van der Waals surface area (Å²) in [5, 5.41) is 9.42. The van der Waals surface area contributed by atoms with Crippen LogP contribution in [0.15, 0.2) is 48.5 Å². The largest absolute Gasteiger partial charge is 0.389 e. The lowest BCUT2D eigenvalue weighted by Gasteiger charge is -1.99. The van der Waals surface area contributed by atoms with E-state index in [1.165, 1.54) is 5.56 Å². The van der Waals surface area contributed by atoms with Crippen LogP contribution in [0.5, 0.6) is 0 Å². The Kier molecular flexibility index (Phi) is 4.14. The molecule has 0 bridgehead atoms. The fourth-order valence-corrected chi connectivity index (χ4v) is 1.14. The zero-order valence-electron chi connectivity index (χ0n) is 8.64. The normalized spacial score (nSPS) is 11.6. The highest BCUT2D eigenvalue weighted by Crippen LogP contribution is 2.08. The smallest absolute Gasteiger partial charge is 0.0761 e. The Bertz CT molecular complexity index is 313. The minimum atomic E-state index is -0.422. The summed E-state index contributed by atoms with van der Waals surface area (Å²) in [6.07, 6.45) is -0.422. The molecule has 0 saturated carbocycles. The van der Waals surface area contributed by atoms with Crippen molar-refractivity contribution < 1.29 is 5.11 Å². The first kappa shape index (κ1) is 10.7. The van der Waals surface area contributed by atoms with Gasteiger partial charge in [-0.1, -0.05) is 54.1 Å². The SMILES string of the molecule is Cc1ccccc(C(C)O)cccc1. The Balaban J connectivity index is 3.17. The minimum Gasteiger partial charge on any atom is -0.389 e. The summed E-state index contributed by atoms with van der Waals surface area (Å²) in [4.78, 5) is 0. The van der Waals surface area contributed by atoms with Gasteiger partial charge in [0.1, 0.15) is 0 Å². The number of aliphatic hydroxyl groups excluding tert-OH is 1. The Hall–Kier alpha value is -1.34. The second-order valence-corrected chi connectivity index (χ2v) is 3.36. The molecule has 0 aliphatic carbocycles. The summed E-state index contributed by atoms with van der Waals surface area (Å²) in [6.45, 7) is 3.82. The molecular formula is C13H16O. The Labute approximate surface area is 85.4 Å². The van der Waals surface area contributed by atoms with Crippen molar-refractivity contribution in [2.45, 2.75) is 20.0 Å². The molecule has 0 aliphatic rings. The van der Waals surface area contributed by atoms with Crippen molar-refractivity contribution in [1.82, 2.24) is 0 Å². The van der Waals surface area contributed by atoms with Gasteiger partial charge in [0.15, 0.2) is 0 Å². The highest BCUT2D eigenvalue weighted by atomic mass is 16.3. The molecule has 74 valence electrons. The topological polar surface area (TPSA) is 20.2 Å². The van der Waals surface area contributed by atoms with E-state index in [4.69, 9.17) is 0 Å². The van der Waals surface area contributed by atoms with E-state index >= 15 is 0 Å². The van der Waals surface area contributed by atoms with Crippen LogP contribution in [0.25, 0.3) is 0 Å². The Morgan fingerprint density at radius 1 is 0.929 bits per heavy atom. The predicted octanol–water partition coefficient (Wildman–Crippen LogP) is 3.17. The number of rotatable bonds is 1. The van der Waals surface area contributed by atoms with Crippen LogP contribution in [0.1, 0.15) is 24.2 Å². The molecule has 1 rings (SSSR count). The van der Waals surface area contributed by atoms with Gasteiger partial charge in [0.05, 0.1) is 6.10 Å². The molecule has 1 atom stereocenters. The van der Waals surface area contributed by atoms with E-state index in [-0.39, 0.29) is 0 Å². The molecule has 1 nitrogen and oxygen atoms in total. The van der Waals surface area contributed by atoms with Crippen LogP contribution in [0.2, 0.25) is 0 Å². The summed E-state index contributed by atoms with van der Waals surface area (Å²) in [6, 6.07) is 15.7. The summed E-state index contributed by atoms with van der Waals surface area (Å²) in [7, 11) is 0. The molecule has 1 unspecified atom stereocenters. The van der Waals surface area contributed by atoms with Gasteiger partial charge in [-0.25, -0.2) is 0 Å². The van der Waals surface area contributed by atoms with E-state index in [2.05, 4.69) is 6.92 Å². The highest BCUT2D eigenvalue weighted by Gasteiger charge is 1.94. The van der Waals surface area contributed by atoms with Gasteiger partial charge in [0.2, 0.25) is 0 Å². The first-order valence-electron chi connectivity index (χ1n) is 4.78. The third kappa shape index (κ3) is 3.58. The van der Waals surface area contributed by atoms with Crippen molar-refractivity contribution in [3.8, 4) is 0 Å². The van der Waals surface area contributed by atoms with E-state index in [1.54, 1.807) is 6.92 Å². The lowest BCUT2D eigenvalue weighted by Crippen LogP contribution is -1.87. The second kappa shape index (κ2) is 5.40.